The van der Waals surface area contributed by atoms with Crippen LogP contribution in [-0.2, 0) is 4.79 Å². The van der Waals surface area contributed by atoms with E-state index in [4.69, 9.17) is 5.11 Å². The van der Waals surface area contributed by atoms with Gasteiger partial charge in [0, 0.05) is 19.1 Å². The second-order valence-electron chi connectivity index (χ2n) is 5.67. The lowest BCUT2D eigenvalue weighted by Gasteiger charge is -2.44. The first-order valence-electron chi connectivity index (χ1n) is 7.44. The number of carboxylic acid groups (broad SMARTS) is 1. The summed E-state index contributed by atoms with van der Waals surface area (Å²) in [6, 6.07) is 0.372. The van der Waals surface area contributed by atoms with Crippen molar-refractivity contribution in [2.45, 2.75) is 51.6 Å². The lowest BCUT2D eigenvalue weighted by atomic mass is 9.87. The summed E-state index contributed by atoms with van der Waals surface area (Å²) in [5, 5.41) is 15.6. The van der Waals surface area contributed by atoms with Crippen molar-refractivity contribution >= 4 is 5.97 Å². The van der Waals surface area contributed by atoms with Crippen molar-refractivity contribution in [3.8, 4) is 0 Å². The molecule has 0 aliphatic carbocycles. The van der Waals surface area contributed by atoms with Gasteiger partial charge in [-0.15, -0.1) is 0 Å². The number of nitrogens with one attached hydrogen (secondary N) is 2. The molecule has 3 N–H and O–H groups in total. The normalized spacial score (nSPS) is 19.2. The summed E-state index contributed by atoms with van der Waals surface area (Å²) in [5.74, 6) is -0.718. The van der Waals surface area contributed by atoms with Crippen LogP contribution < -0.4 is 10.6 Å². The predicted molar refractivity (Wildman–Crippen MR) is 77.5 cm³/mol. The highest BCUT2D eigenvalue weighted by Crippen LogP contribution is 2.18. The molecule has 1 aliphatic rings. The zero-order chi connectivity index (χ0) is 14.3. The number of carbonyl (C=O) groups is 1. The van der Waals surface area contributed by atoms with E-state index in [0.717, 1.165) is 45.6 Å². The summed E-state index contributed by atoms with van der Waals surface area (Å²) < 4.78 is 0. The highest BCUT2D eigenvalue weighted by atomic mass is 16.4. The van der Waals surface area contributed by atoms with E-state index >= 15 is 0 Å². The van der Waals surface area contributed by atoms with Crippen LogP contribution in [-0.4, -0.2) is 60.3 Å². The van der Waals surface area contributed by atoms with Crippen molar-refractivity contribution < 1.29 is 9.90 Å². The average Bonchev–Trinajstić information content (AvgIpc) is 2.31. The first kappa shape index (κ1) is 16.4. The second-order valence-corrected chi connectivity index (χ2v) is 5.67. The van der Waals surface area contributed by atoms with Gasteiger partial charge in [-0.1, -0.05) is 13.8 Å². The Morgan fingerprint density at radius 3 is 2.47 bits per heavy atom. The fourth-order valence-corrected chi connectivity index (χ4v) is 2.75. The molecular weight excluding hydrogens is 242 g/mol. The fourth-order valence-electron chi connectivity index (χ4n) is 2.75. The molecule has 0 aromatic carbocycles. The van der Waals surface area contributed by atoms with Gasteiger partial charge in [-0.3, -0.25) is 4.79 Å². The Bertz CT molecular complexity index is 276. The monoisotopic (exact) mass is 271 g/mol. The standard InChI is InChI=1S/C14H29N3O2/c1-4-17(5-2)8-6-7-12(3)16-14(9-13(18)19)10-15-11-14/h12,15-16H,4-11H2,1-3H3,(H,18,19). The minimum Gasteiger partial charge on any atom is -0.481 e. The van der Waals surface area contributed by atoms with E-state index in [1.807, 2.05) is 0 Å². The Labute approximate surface area is 116 Å². The van der Waals surface area contributed by atoms with Crippen LogP contribution in [0.3, 0.4) is 0 Å². The Morgan fingerprint density at radius 1 is 1.42 bits per heavy atom. The third kappa shape index (κ3) is 5.47. The zero-order valence-corrected chi connectivity index (χ0v) is 12.5. The molecule has 0 aromatic rings. The second kappa shape index (κ2) is 7.82. The molecule has 1 saturated heterocycles. The van der Waals surface area contributed by atoms with Gasteiger partial charge >= 0.3 is 5.97 Å². The molecule has 5 nitrogen and oxygen atoms in total. The molecule has 1 unspecified atom stereocenters. The van der Waals surface area contributed by atoms with Crippen LogP contribution in [0, 0.1) is 0 Å². The van der Waals surface area contributed by atoms with Crippen molar-refractivity contribution in [1.29, 1.82) is 0 Å². The third-order valence-corrected chi connectivity index (χ3v) is 3.97. The summed E-state index contributed by atoms with van der Waals surface area (Å²) in [6.45, 7) is 11.4. The number of carboxylic acids is 1. The van der Waals surface area contributed by atoms with Crippen LogP contribution in [0.4, 0.5) is 0 Å². The summed E-state index contributed by atoms with van der Waals surface area (Å²) >= 11 is 0. The lowest BCUT2D eigenvalue weighted by molar-refractivity contribution is -0.139. The summed E-state index contributed by atoms with van der Waals surface area (Å²) in [5.41, 5.74) is -0.222. The first-order valence-corrected chi connectivity index (χ1v) is 7.44. The predicted octanol–water partition coefficient (Wildman–Crippen LogP) is 0.903. The van der Waals surface area contributed by atoms with Gasteiger partial charge in [0.25, 0.3) is 0 Å². The minimum atomic E-state index is -0.718. The van der Waals surface area contributed by atoms with Gasteiger partial charge in [0.05, 0.1) is 12.0 Å². The van der Waals surface area contributed by atoms with Crippen molar-refractivity contribution in [3.63, 3.8) is 0 Å². The molecule has 112 valence electrons. The Kier molecular flexibility index (Phi) is 6.75. The highest BCUT2D eigenvalue weighted by molar-refractivity contribution is 5.68. The summed E-state index contributed by atoms with van der Waals surface area (Å²) in [4.78, 5) is 13.3. The Morgan fingerprint density at radius 2 is 2.05 bits per heavy atom. The van der Waals surface area contributed by atoms with Crippen LogP contribution in [0.25, 0.3) is 0 Å². The van der Waals surface area contributed by atoms with Gasteiger partial charge in [0.2, 0.25) is 0 Å². The van der Waals surface area contributed by atoms with Crippen molar-refractivity contribution in [2.75, 3.05) is 32.7 Å². The van der Waals surface area contributed by atoms with Crippen molar-refractivity contribution in [1.82, 2.24) is 15.5 Å². The maximum atomic E-state index is 10.9. The van der Waals surface area contributed by atoms with E-state index in [1.54, 1.807) is 0 Å². The van der Waals surface area contributed by atoms with Gasteiger partial charge in [0.1, 0.15) is 0 Å². The molecule has 1 heterocycles. The summed E-state index contributed by atoms with van der Waals surface area (Å²) in [6.07, 6.45) is 2.46. The van der Waals surface area contributed by atoms with Crippen molar-refractivity contribution in [3.05, 3.63) is 0 Å². The molecule has 0 bridgehead atoms. The molecule has 0 aromatic heterocycles. The van der Waals surface area contributed by atoms with Crippen LogP contribution in [0.5, 0.6) is 0 Å². The van der Waals surface area contributed by atoms with Gasteiger partial charge < -0.3 is 20.6 Å². The van der Waals surface area contributed by atoms with E-state index in [1.165, 1.54) is 0 Å². The molecule has 5 heteroatoms. The van der Waals surface area contributed by atoms with Crippen LogP contribution in [0.2, 0.25) is 0 Å². The van der Waals surface area contributed by atoms with Gasteiger partial charge in [0.15, 0.2) is 0 Å². The molecule has 19 heavy (non-hydrogen) atoms. The van der Waals surface area contributed by atoms with E-state index in [2.05, 4.69) is 36.3 Å². The molecule has 1 rings (SSSR count). The van der Waals surface area contributed by atoms with Crippen LogP contribution >= 0.6 is 0 Å². The number of hydrogen-bond acceptors (Lipinski definition) is 4. The molecule has 0 amide bonds. The van der Waals surface area contributed by atoms with Gasteiger partial charge in [-0.05, 0) is 39.4 Å². The maximum Gasteiger partial charge on any atom is 0.305 e. The molecule has 1 fully saturated rings. The topological polar surface area (TPSA) is 64.6 Å². The van der Waals surface area contributed by atoms with E-state index in [9.17, 15) is 4.79 Å². The SMILES string of the molecule is CCN(CC)CCCC(C)NC1(CC(=O)O)CNC1. The highest BCUT2D eigenvalue weighted by Gasteiger charge is 2.39. The number of nitrogens with zero attached hydrogens (tertiary/aromatic N) is 1. The van der Waals surface area contributed by atoms with Crippen LogP contribution in [0.15, 0.2) is 0 Å². The summed E-state index contributed by atoms with van der Waals surface area (Å²) in [7, 11) is 0. The average molecular weight is 271 g/mol. The van der Waals surface area contributed by atoms with Crippen molar-refractivity contribution in [2.24, 2.45) is 0 Å². The lowest BCUT2D eigenvalue weighted by Crippen LogP contribution is -2.70. The van der Waals surface area contributed by atoms with Gasteiger partial charge in [-0.25, -0.2) is 0 Å². The zero-order valence-electron chi connectivity index (χ0n) is 12.5. The van der Waals surface area contributed by atoms with E-state index in [0.29, 0.717) is 6.04 Å². The van der Waals surface area contributed by atoms with E-state index < -0.39 is 5.97 Å². The molecule has 1 atom stereocenters. The molecule has 0 spiro atoms. The number of aliphatic carboxylic acids is 1. The van der Waals surface area contributed by atoms with Crippen LogP contribution in [0.1, 0.15) is 40.0 Å². The molecular formula is C14H29N3O2. The fraction of sp³-hybridized carbons (Fsp3) is 0.929. The third-order valence-electron chi connectivity index (χ3n) is 3.97. The minimum absolute atomic E-state index is 0.209. The number of hydrogen-bond donors (Lipinski definition) is 3. The molecule has 0 radical (unpaired) electrons. The Hall–Kier alpha value is -0.650. The van der Waals surface area contributed by atoms with E-state index in [-0.39, 0.29) is 12.0 Å². The quantitative estimate of drug-likeness (QED) is 0.551. The Balaban J connectivity index is 2.26. The maximum absolute atomic E-state index is 10.9. The largest absolute Gasteiger partial charge is 0.481 e. The first-order chi connectivity index (χ1) is 9.01. The number of rotatable bonds is 10. The smallest absolute Gasteiger partial charge is 0.305 e. The molecule has 1 aliphatic heterocycles. The molecule has 0 saturated carbocycles. The van der Waals surface area contributed by atoms with Gasteiger partial charge in [-0.2, -0.15) is 0 Å².